The highest BCUT2D eigenvalue weighted by atomic mass is 16.5. The number of nitriles is 2. The molecule has 0 aromatic heterocycles. The lowest BCUT2D eigenvalue weighted by atomic mass is 9.99. The minimum atomic E-state index is -0.0341. The van der Waals surface area contributed by atoms with Gasteiger partial charge in [0.15, 0.2) is 6.61 Å². The van der Waals surface area contributed by atoms with Crippen molar-refractivity contribution in [3.8, 4) is 17.9 Å². The molecule has 23 heavy (non-hydrogen) atoms. The Morgan fingerprint density at radius 1 is 1.30 bits per heavy atom. The van der Waals surface area contributed by atoms with E-state index in [2.05, 4.69) is 6.92 Å². The molecule has 118 valence electrons. The summed E-state index contributed by atoms with van der Waals surface area (Å²) in [7, 11) is 0. The number of rotatable bonds is 4. The molecule has 0 unspecified atom stereocenters. The summed E-state index contributed by atoms with van der Waals surface area (Å²) < 4.78 is 5.61. The number of hydrogen-bond donors (Lipinski definition) is 0. The molecule has 0 bridgehead atoms. The molecule has 1 aliphatic rings. The molecule has 0 saturated carbocycles. The van der Waals surface area contributed by atoms with Crippen LogP contribution in [0.3, 0.4) is 0 Å². The van der Waals surface area contributed by atoms with Crippen molar-refractivity contribution in [1.82, 2.24) is 4.90 Å². The number of nitrogens with zero attached hydrogens (tertiary/aromatic N) is 3. The number of allylic oxidation sites excluding steroid dienone is 1. The standard InChI is InChI=1S/C18H19N3O2/c1-14-6-8-21(9-7-14)18(22)13-23-17-5-3-2-4-16(17)10-15(11-19)12-20/h2-5,10,14H,6-9,13H2,1H3. The molecule has 2 rings (SSSR count). The van der Waals surface area contributed by atoms with Gasteiger partial charge >= 0.3 is 0 Å². The molecule has 0 atom stereocenters. The van der Waals surface area contributed by atoms with Crippen molar-refractivity contribution in [1.29, 1.82) is 10.5 Å². The van der Waals surface area contributed by atoms with E-state index in [1.807, 2.05) is 17.0 Å². The minimum Gasteiger partial charge on any atom is -0.483 e. The predicted octanol–water partition coefficient (Wildman–Crippen LogP) is 2.75. The van der Waals surface area contributed by atoms with E-state index in [0.29, 0.717) is 17.2 Å². The summed E-state index contributed by atoms with van der Waals surface area (Å²) in [6, 6.07) is 10.7. The van der Waals surface area contributed by atoms with Crippen LogP contribution in [0.1, 0.15) is 25.3 Å². The number of para-hydroxylation sites is 1. The van der Waals surface area contributed by atoms with E-state index in [1.54, 1.807) is 24.3 Å². The Hall–Kier alpha value is -2.79. The Bertz CT molecular complexity index is 658. The Balaban J connectivity index is 2.01. The van der Waals surface area contributed by atoms with Crippen LogP contribution < -0.4 is 4.74 Å². The summed E-state index contributed by atoms with van der Waals surface area (Å²) >= 11 is 0. The Morgan fingerprint density at radius 2 is 1.96 bits per heavy atom. The average Bonchev–Trinajstić information content (AvgIpc) is 2.59. The first-order chi connectivity index (χ1) is 11.1. The van der Waals surface area contributed by atoms with Gasteiger partial charge in [0.1, 0.15) is 23.5 Å². The van der Waals surface area contributed by atoms with Gasteiger partial charge in [0.05, 0.1) is 0 Å². The fourth-order valence-electron chi connectivity index (χ4n) is 2.47. The van der Waals surface area contributed by atoms with Crippen LogP contribution >= 0.6 is 0 Å². The largest absolute Gasteiger partial charge is 0.483 e. The minimum absolute atomic E-state index is 0.00241. The van der Waals surface area contributed by atoms with E-state index in [9.17, 15) is 4.79 Å². The van der Waals surface area contributed by atoms with Crippen molar-refractivity contribution in [2.24, 2.45) is 5.92 Å². The van der Waals surface area contributed by atoms with Crippen molar-refractivity contribution >= 4 is 12.0 Å². The van der Waals surface area contributed by atoms with Crippen molar-refractivity contribution in [3.63, 3.8) is 0 Å². The van der Waals surface area contributed by atoms with Crippen molar-refractivity contribution < 1.29 is 9.53 Å². The fraction of sp³-hybridized carbons (Fsp3) is 0.389. The van der Waals surface area contributed by atoms with E-state index in [4.69, 9.17) is 15.3 Å². The lowest BCUT2D eigenvalue weighted by molar-refractivity contribution is -0.134. The first-order valence-electron chi connectivity index (χ1n) is 7.65. The third-order valence-electron chi connectivity index (χ3n) is 3.95. The van der Waals surface area contributed by atoms with Crippen LogP contribution in [0.15, 0.2) is 29.8 Å². The van der Waals surface area contributed by atoms with Crippen LogP contribution in [0.5, 0.6) is 5.75 Å². The third kappa shape index (κ3) is 4.59. The molecule has 0 radical (unpaired) electrons. The average molecular weight is 309 g/mol. The molecule has 5 heteroatoms. The normalized spacial score (nSPS) is 14.5. The highest BCUT2D eigenvalue weighted by Crippen LogP contribution is 2.21. The summed E-state index contributed by atoms with van der Waals surface area (Å²) in [4.78, 5) is 14.0. The molecule has 5 nitrogen and oxygen atoms in total. The predicted molar refractivity (Wildman–Crippen MR) is 86.1 cm³/mol. The van der Waals surface area contributed by atoms with Gasteiger partial charge in [-0.1, -0.05) is 25.1 Å². The monoisotopic (exact) mass is 309 g/mol. The molecule has 1 heterocycles. The zero-order chi connectivity index (χ0) is 16.7. The summed E-state index contributed by atoms with van der Waals surface area (Å²) in [6.07, 6.45) is 3.51. The quantitative estimate of drug-likeness (QED) is 0.801. The molecule has 1 aromatic carbocycles. The molecular weight excluding hydrogens is 290 g/mol. The van der Waals surface area contributed by atoms with Gasteiger partial charge in [-0.2, -0.15) is 10.5 Å². The number of carbonyl (C=O) groups excluding carboxylic acids is 1. The topological polar surface area (TPSA) is 77.1 Å². The second kappa shape index (κ2) is 8.00. The fourth-order valence-corrected chi connectivity index (χ4v) is 2.47. The van der Waals surface area contributed by atoms with E-state index in [0.717, 1.165) is 25.9 Å². The Labute approximate surface area is 136 Å². The molecule has 0 spiro atoms. The summed E-state index contributed by atoms with van der Waals surface area (Å²) in [5.41, 5.74) is 0.614. The van der Waals surface area contributed by atoms with Crippen LogP contribution in [-0.2, 0) is 4.79 Å². The van der Waals surface area contributed by atoms with Crippen molar-refractivity contribution in [2.45, 2.75) is 19.8 Å². The number of amides is 1. The zero-order valence-electron chi connectivity index (χ0n) is 13.2. The van der Waals surface area contributed by atoms with E-state index >= 15 is 0 Å². The first kappa shape index (κ1) is 16.6. The number of piperidine rings is 1. The molecule has 1 saturated heterocycles. The van der Waals surface area contributed by atoms with Gasteiger partial charge in [-0.05, 0) is 30.9 Å². The van der Waals surface area contributed by atoms with Crippen LogP contribution in [-0.4, -0.2) is 30.5 Å². The van der Waals surface area contributed by atoms with Gasteiger partial charge in [-0.15, -0.1) is 0 Å². The highest BCUT2D eigenvalue weighted by molar-refractivity contribution is 5.78. The zero-order valence-corrected chi connectivity index (χ0v) is 13.2. The summed E-state index contributed by atoms with van der Waals surface area (Å²) in [5.74, 6) is 1.13. The summed E-state index contributed by atoms with van der Waals surface area (Å²) in [5, 5.41) is 17.7. The van der Waals surface area contributed by atoms with Gasteiger partial charge < -0.3 is 9.64 Å². The second-order valence-corrected chi connectivity index (χ2v) is 5.67. The first-order valence-corrected chi connectivity index (χ1v) is 7.65. The number of likely N-dealkylation sites (tertiary alicyclic amines) is 1. The number of benzene rings is 1. The molecule has 0 N–H and O–H groups in total. The van der Waals surface area contributed by atoms with E-state index < -0.39 is 0 Å². The van der Waals surface area contributed by atoms with Gasteiger partial charge in [-0.25, -0.2) is 0 Å². The smallest absolute Gasteiger partial charge is 0.260 e. The molecule has 0 aliphatic carbocycles. The number of hydrogen-bond acceptors (Lipinski definition) is 4. The maximum absolute atomic E-state index is 12.2. The van der Waals surface area contributed by atoms with Crippen molar-refractivity contribution in [3.05, 3.63) is 35.4 Å². The Kier molecular flexibility index (Phi) is 5.77. The number of ether oxygens (including phenoxy) is 1. The van der Waals surface area contributed by atoms with Crippen molar-refractivity contribution in [2.75, 3.05) is 19.7 Å². The highest BCUT2D eigenvalue weighted by Gasteiger charge is 2.20. The van der Waals surface area contributed by atoms with Crippen LogP contribution in [0.2, 0.25) is 0 Å². The molecular formula is C18H19N3O2. The third-order valence-corrected chi connectivity index (χ3v) is 3.95. The molecule has 1 amide bonds. The van der Waals surface area contributed by atoms with Gasteiger partial charge in [0.2, 0.25) is 0 Å². The molecule has 1 aromatic rings. The second-order valence-electron chi connectivity index (χ2n) is 5.67. The lowest BCUT2D eigenvalue weighted by Gasteiger charge is -2.30. The molecule has 1 aliphatic heterocycles. The summed E-state index contributed by atoms with van der Waals surface area (Å²) in [6.45, 7) is 3.71. The van der Waals surface area contributed by atoms with Gasteiger partial charge in [0, 0.05) is 18.7 Å². The maximum atomic E-state index is 12.2. The lowest BCUT2D eigenvalue weighted by Crippen LogP contribution is -2.40. The number of carbonyl (C=O) groups is 1. The van der Waals surface area contributed by atoms with E-state index in [-0.39, 0.29) is 18.1 Å². The van der Waals surface area contributed by atoms with E-state index in [1.165, 1.54) is 6.08 Å². The molecule has 1 fully saturated rings. The van der Waals surface area contributed by atoms with Crippen LogP contribution in [0.4, 0.5) is 0 Å². The van der Waals surface area contributed by atoms with Gasteiger partial charge in [-0.3, -0.25) is 4.79 Å². The maximum Gasteiger partial charge on any atom is 0.260 e. The SMILES string of the molecule is CC1CCN(C(=O)COc2ccccc2C=C(C#N)C#N)CC1. The Morgan fingerprint density at radius 3 is 2.61 bits per heavy atom. The van der Waals surface area contributed by atoms with Crippen LogP contribution in [0.25, 0.3) is 6.08 Å². The van der Waals surface area contributed by atoms with Crippen LogP contribution in [0, 0.1) is 28.6 Å². The van der Waals surface area contributed by atoms with Gasteiger partial charge in [0.25, 0.3) is 5.91 Å².